The van der Waals surface area contributed by atoms with Gasteiger partial charge in [0.25, 0.3) is 0 Å². The van der Waals surface area contributed by atoms with Crippen molar-refractivity contribution in [3.8, 4) is 0 Å². The highest BCUT2D eigenvalue weighted by molar-refractivity contribution is 6.29. The first kappa shape index (κ1) is 12.9. The molecular weight excluding hydrogens is 272 g/mol. The lowest BCUT2D eigenvalue weighted by Gasteiger charge is -2.08. The Morgan fingerprint density at radius 1 is 1.20 bits per heavy atom. The van der Waals surface area contributed by atoms with E-state index in [0.29, 0.717) is 11.0 Å². The molecule has 1 N–H and O–H groups in total. The number of aromatic nitrogens is 3. The summed E-state index contributed by atoms with van der Waals surface area (Å²) in [5.74, 6) is 1.44. The minimum absolute atomic E-state index is 0.464. The van der Waals surface area contributed by atoms with Crippen molar-refractivity contribution in [2.24, 2.45) is 0 Å². The van der Waals surface area contributed by atoms with Crippen molar-refractivity contribution >= 4 is 28.3 Å². The molecular formula is C15H15ClN4. The molecule has 3 aromatic rings. The van der Waals surface area contributed by atoms with Gasteiger partial charge in [-0.05, 0) is 24.4 Å². The van der Waals surface area contributed by atoms with Crippen LogP contribution in [0.2, 0.25) is 5.15 Å². The van der Waals surface area contributed by atoms with E-state index in [9.17, 15) is 0 Å². The van der Waals surface area contributed by atoms with Crippen LogP contribution in [0.25, 0.3) is 10.9 Å². The average molecular weight is 287 g/mol. The Bertz CT molecular complexity index is 715. The number of benzene rings is 1. The Labute approximate surface area is 122 Å². The third-order valence-corrected chi connectivity index (χ3v) is 3.34. The lowest BCUT2D eigenvalue weighted by molar-refractivity contribution is 0.754. The van der Waals surface area contributed by atoms with Gasteiger partial charge in [0, 0.05) is 30.9 Å². The monoisotopic (exact) mass is 286 g/mol. The van der Waals surface area contributed by atoms with Crippen molar-refractivity contribution in [3.63, 3.8) is 0 Å². The number of aryl methyl sites for hydroxylation is 1. The van der Waals surface area contributed by atoms with Crippen LogP contribution in [0.15, 0.2) is 42.6 Å². The molecule has 0 aliphatic rings. The molecule has 0 spiro atoms. The normalized spacial score (nSPS) is 10.9. The Morgan fingerprint density at radius 2 is 2.05 bits per heavy atom. The van der Waals surface area contributed by atoms with E-state index in [1.54, 1.807) is 6.07 Å². The zero-order valence-electron chi connectivity index (χ0n) is 11.2. The summed E-state index contributed by atoms with van der Waals surface area (Å²) in [5.41, 5.74) is 1.24. The molecule has 0 fully saturated rings. The second-order valence-corrected chi connectivity index (χ2v) is 5.01. The highest BCUT2D eigenvalue weighted by Gasteiger charge is 2.01. The van der Waals surface area contributed by atoms with Crippen molar-refractivity contribution < 1.29 is 0 Å². The molecule has 0 aliphatic heterocycles. The van der Waals surface area contributed by atoms with Gasteiger partial charge in [0.1, 0.15) is 16.8 Å². The van der Waals surface area contributed by atoms with Crippen LogP contribution in [0.5, 0.6) is 0 Å². The summed E-state index contributed by atoms with van der Waals surface area (Å²) in [6, 6.07) is 12.2. The maximum absolute atomic E-state index is 5.91. The van der Waals surface area contributed by atoms with Crippen LogP contribution in [0.1, 0.15) is 5.82 Å². The lowest BCUT2D eigenvalue weighted by Crippen LogP contribution is -2.11. The van der Waals surface area contributed by atoms with Crippen LogP contribution < -0.4 is 5.32 Å². The summed E-state index contributed by atoms with van der Waals surface area (Å²) in [6.07, 6.45) is 2.10. The Morgan fingerprint density at radius 3 is 2.90 bits per heavy atom. The smallest absolute Gasteiger partial charge is 0.134 e. The fourth-order valence-corrected chi connectivity index (χ4v) is 2.49. The molecule has 0 unspecified atom stereocenters. The molecule has 0 radical (unpaired) electrons. The second kappa shape index (κ2) is 5.51. The fourth-order valence-electron chi connectivity index (χ4n) is 2.26. The third kappa shape index (κ3) is 2.75. The van der Waals surface area contributed by atoms with Crippen LogP contribution in [-0.4, -0.2) is 21.1 Å². The number of hydrogen-bond donors (Lipinski definition) is 1. The molecule has 2 heterocycles. The summed E-state index contributed by atoms with van der Waals surface area (Å²) in [4.78, 5) is 8.34. The van der Waals surface area contributed by atoms with E-state index in [2.05, 4.69) is 56.4 Å². The van der Waals surface area contributed by atoms with Gasteiger partial charge in [-0.1, -0.05) is 29.8 Å². The van der Waals surface area contributed by atoms with E-state index >= 15 is 0 Å². The first-order valence-electron chi connectivity index (χ1n) is 6.51. The van der Waals surface area contributed by atoms with Crippen molar-refractivity contribution in [2.75, 3.05) is 11.9 Å². The number of hydrogen-bond acceptors (Lipinski definition) is 3. The fraction of sp³-hybridized carbons (Fsp3) is 0.200. The zero-order chi connectivity index (χ0) is 13.9. The Hall–Kier alpha value is -2.07. The van der Waals surface area contributed by atoms with Gasteiger partial charge in [-0.25, -0.2) is 9.97 Å². The number of nitrogens with one attached hydrogen (secondary N) is 1. The molecule has 0 bridgehead atoms. The zero-order valence-corrected chi connectivity index (χ0v) is 11.9. The largest absolute Gasteiger partial charge is 0.368 e. The first-order valence-corrected chi connectivity index (χ1v) is 6.89. The number of nitrogens with zero attached hydrogens (tertiary/aromatic N) is 3. The quantitative estimate of drug-likeness (QED) is 0.747. The van der Waals surface area contributed by atoms with Crippen molar-refractivity contribution in [2.45, 2.75) is 13.5 Å². The first-order chi connectivity index (χ1) is 9.72. The van der Waals surface area contributed by atoms with Crippen LogP contribution >= 0.6 is 11.6 Å². The summed E-state index contributed by atoms with van der Waals surface area (Å²) in [6.45, 7) is 3.48. The number of halogens is 1. The standard InChI is InChI=1S/C15H15ClN4/c1-11-18-14(16)10-15(19-11)17-7-9-20-8-6-12-4-2-3-5-13(12)20/h2-6,8,10H,7,9H2,1H3,(H,17,18,19). The summed E-state index contributed by atoms with van der Waals surface area (Å²) in [7, 11) is 0. The number of fused-ring (bicyclic) bond motifs is 1. The minimum atomic E-state index is 0.464. The topological polar surface area (TPSA) is 42.7 Å². The summed E-state index contributed by atoms with van der Waals surface area (Å²) in [5, 5.41) is 4.99. The maximum atomic E-state index is 5.91. The molecule has 1 aromatic carbocycles. The molecule has 102 valence electrons. The number of rotatable bonds is 4. The van der Waals surface area contributed by atoms with Crippen molar-refractivity contribution in [1.82, 2.24) is 14.5 Å². The van der Waals surface area contributed by atoms with Crippen LogP contribution in [-0.2, 0) is 6.54 Å². The number of anilines is 1. The summed E-state index contributed by atoms with van der Waals surface area (Å²) < 4.78 is 2.22. The SMILES string of the molecule is Cc1nc(Cl)cc(NCCn2ccc3ccccc32)n1. The number of para-hydroxylation sites is 1. The van der Waals surface area contributed by atoms with Gasteiger partial charge in [-0.15, -0.1) is 0 Å². The predicted molar refractivity (Wildman–Crippen MR) is 82.2 cm³/mol. The van der Waals surface area contributed by atoms with Crippen LogP contribution in [0.4, 0.5) is 5.82 Å². The molecule has 20 heavy (non-hydrogen) atoms. The molecule has 0 amide bonds. The molecule has 0 saturated carbocycles. The van der Waals surface area contributed by atoms with E-state index in [0.717, 1.165) is 18.9 Å². The van der Waals surface area contributed by atoms with Crippen molar-refractivity contribution in [3.05, 3.63) is 53.6 Å². The Kier molecular flexibility index (Phi) is 3.56. The molecule has 2 aromatic heterocycles. The highest BCUT2D eigenvalue weighted by Crippen LogP contribution is 2.15. The third-order valence-electron chi connectivity index (χ3n) is 3.15. The van der Waals surface area contributed by atoms with Crippen molar-refractivity contribution in [1.29, 1.82) is 0 Å². The summed E-state index contributed by atoms with van der Waals surface area (Å²) >= 11 is 5.91. The Balaban J connectivity index is 1.68. The van der Waals surface area contributed by atoms with Gasteiger partial charge in [0.2, 0.25) is 0 Å². The van der Waals surface area contributed by atoms with Crippen LogP contribution in [0, 0.1) is 6.92 Å². The van der Waals surface area contributed by atoms with E-state index in [-0.39, 0.29) is 0 Å². The molecule has 5 heteroatoms. The molecule has 0 atom stereocenters. The molecule has 0 aliphatic carbocycles. The maximum Gasteiger partial charge on any atom is 0.134 e. The highest BCUT2D eigenvalue weighted by atomic mass is 35.5. The minimum Gasteiger partial charge on any atom is -0.368 e. The van der Waals surface area contributed by atoms with E-state index < -0.39 is 0 Å². The van der Waals surface area contributed by atoms with E-state index in [1.807, 2.05) is 6.92 Å². The van der Waals surface area contributed by atoms with Gasteiger partial charge in [0.05, 0.1) is 0 Å². The van der Waals surface area contributed by atoms with E-state index in [4.69, 9.17) is 11.6 Å². The van der Waals surface area contributed by atoms with Gasteiger partial charge >= 0.3 is 0 Å². The van der Waals surface area contributed by atoms with Gasteiger partial charge in [-0.2, -0.15) is 0 Å². The average Bonchev–Trinajstić information content (AvgIpc) is 2.81. The van der Waals surface area contributed by atoms with Gasteiger partial charge in [0.15, 0.2) is 0 Å². The van der Waals surface area contributed by atoms with E-state index in [1.165, 1.54) is 10.9 Å². The molecule has 0 saturated heterocycles. The van der Waals surface area contributed by atoms with Gasteiger partial charge < -0.3 is 9.88 Å². The predicted octanol–water partition coefficient (Wildman–Crippen LogP) is 3.51. The van der Waals surface area contributed by atoms with Crippen LogP contribution in [0.3, 0.4) is 0 Å². The van der Waals surface area contributed by atoms with Gasteiger partial charge in [-0.3, -0.25) is 0 Å². The molecule has 3 rings (SSSR count). The molecule has 4 nitrogen and oxygen atoms in total. The second-order valence-electron chi connectivity index (χ2n) is 4.62. The lowest BCUT2D eigenvalue weighted by atomic mass is 10.2.